The fourth-order valence-corrected chi connectivity index (χ4v) is 8.94. The molecule has 232 valence electrons. The topological polar surface area (TPSA) is 3.24 Å². The van der Waals surface area contributed by atoms with Gasteiger partial charge in [0.05, 0.1) is 11.1 Å². The van der Waals surface area contributed by atoms with Crippen molar-refractivity contribution in [1.82, 2.24) is 0 Å². The molecule has 0 amide bonds. The van der Waals surface area contributed by atoms with E-state index in [1.54, 1.807) is 0 Å². The summed E-state index contributed by atoms with van der Waals surface area (Å²) in [4.78, 5) is 2.47. The van der Waals surface area contributed by atoms with Gasteiger partial charge in [0.2, 0.25) is 0 Å². The van der Waals surface area contributed by atoms with Crippen LogP contribution in [0.5, 0.6) is 0 Å². The van der Waals surface area contributed by atoms with Crippen molar-refractivity contribution in [3.8, 4) is 11.1 Å². The van der Waals surface area contributed by atoms with Gasteiger partial charge in [0, 0.05) is 22.4 Å². The summed E-state index contributed by atoms with van der Waals surface area (Å²) in [5.74, 6) is 0. The number of para-hydroxylation sites is 1. The molecule has 6 aromatic rings. The number of rotatable bonds is 4. The van der Waals surface area contributed by atoms with Crippen molar-refractivity contribution in [2.24, 2.45) is 0 Å². The lowest BCUT2D eigenvalue weighted by molar-refractivity contribution is 0.550. The highest BCUT2D eigenvalue weighted by molar-refractivity contribution is 5.99. The molecule has 0 aromatic heterocycles. The quantitative estimate of drug-likeness (QED) is 0.190. The van der Waals surface area contributed by atoms with Crippen LogP contribution in [0.2, 0.25) is 0 Å². The summed E-state index contributed by atoms with van der Waals surface area (Å²) in [7, 11) is 0. The van der Waals surface area contributed by atoms with Gasteiger partial charge in [0.1, 0.15) is 0 Å². The molecule has 48 heavy (non-hydrogen) atoms. The highest BCUT2D eigenvalue weighted by Gasteiger charge is 2.54. The Kier molecular flexibility index (Phi) is 6.49. The standard InChI is InChI=1S/C47H39N/c1-32-24-26-33(27-25-32)34-28-30-36(31-29-34)48(35-14-5-4-6-15-35)44-23-13-22-43-45(44)37-16-7-8-17-38(37)47(43)41-20-11-9-18-39(41)46(2,3)40-19-10-12-21-42(40)47/h4-7,9-16,18-31H,8,17H2,1-3H3. The highest BCUT2D eigenvalue weighted by atomic mass is 15.1. The van der Waals surface area contributed by atoms with Crippen LogP contribution >= 0.6 is 0 Å². The molecule has 9 rings (SSSR count). The average molecular weight is 618 g/mol. The summed E-state index contributed by atoms with van der Waals surface area (Å²) in [6.07, 6.45) is 6.90. The van der Waals surface area contributed by atoms with E-state index >= 15 is 0 Å². The van der Waals surface area contributed by atoms with E-state index in [4.69, 9.17) is 0 Å². The average Bonchev–Trinajstić information content (AvgIpc) is 3.44. The summed E-state index contributed by atoms with van der Waals surface area (Å²) in [6.45, 7) is 6.94. The van der Waals surface area contributed by atoms with Gasteiger partial charge in [-0.15, -0.1) is 0 Å². The molecule has 0 aliphatic heterocycles. The molecular formula is C47H39N. The lowest BCUT2D eigenvalue weighted by Gasteiger charge is -2.47. The summed E-state index contributed by atoms with van der Waals surface area (Å²) in [5.41, 5.74) is 18.2. The zero-order valence-electron chi connectivity index (χ0n) is 27.9. The maximum absolute atomic E-state index is 2.47. The van der Waals surface area contributed by atoms with E-state index in [1.807, 2.05) is 0 Å². The second-order valence-electron chi connectivity index (χ2n) is 14.1. The third-order valence-corrected chi connectivity index (χ3v) is 11.1. The Bertz CT molecular complexity index is 2200. The zero-order valence-corrected chi connectivity index (χ0v) is 27.9. The molecule has 0 fully saturated rings. The lowest BCUT2D eigenvalue weighted by Crippen LogP contribution is -2.41. The van der Waals surface area contributed by atoms with Gasteiger partial charge in [0.15, 0.2) is 0 Å². The Balaban J connectivity index is 1.32. The molecule has 0 heterocycles. The van der Waals surface area contributed by atoms with Gasteiger partial charge in [0.25, 0.3) is 0 Å². The number of nitrogens with zero attached hydrogens (tertiary/aromatic N) is 1. The number of benzene rings is 6. The van der Waals surface area contributed by atoms with Gasteiger partial charge >= 0.3 is 0 Å². The first-order valence-electron chi connectivity index (χ1n) is 17.3. The molecule has 3 aliphatic rings. The Morgan fingerprint density at radius 1 is 0.521 bits per heavy atom. The van der Waals surface area contributed by atoms with Crippen molar-refractivity contribution in [2.75, 3.05) is 4.90 Å². The number of allylic oxidation sites excluding steroid dienone is 4. The van der Waals surface area contributed by atoms with E-state index in [1.165, 1.54) is 66.9 Å². The van der Waals surface area contributed by atoms with Crippen LogP contribution in [0.15, 0.2) is 163 Å². The maximum Gasteiger partial charge on any atom is 0.0683 e. The van der Waals surface area contributed by atoms with Crippen LogP contribution in [0.4, 0.5) is 17.1 Å². The molecule has 0 N–H and O–H groups in total. The number of fused-ring (bicyclic) bond motifs is 8. The lowest BCUT2D eigenvalue weighted by atomic mass is 9.54. The molecular weight excluding hydrogens is 579 g/mol. The van der Waals surface area contributed by atoms with Gasteiger partial charge in [-0.2, -0.15) is 0 Å². The minimum absolute atomic E-state index is 0.0979. The predicted molar refractivity (Wildman–Crippen MR) is 201 cm³/mol. The smallest absolute Gasteiger partial charge is 0.0683 e. The molecule has 6 aromatic carbocycles. The Hall–Kier alpha value is -5.40. The van der Waals surface area contributed by atoms with Gasteiger partial charge < -0.3 is 4.90 Å². The fraction of sp³-hybridized carbons (Fsp3) is 0.149. The van der Waals surface area contributed by atoms with Gasteiger partial charge in [-0.05, 0) is 100 Å². The monoisotopic (exact) mass is 617 g/mol. The summed E-state index contributed by atoms with van der Waals surface area (Å²) < 4.78 is 0. The molecule has 0 radical (unpaired) electrons. The van der Waals surface area contributed by atoms with E-state index in [-0.39, 0.29) is 10.8 Å². The normalized spacial score (nSPS) is 16.2. The molecule has 0 unspecified atom stereocenters. The first-order valence-corrected chi connectivity index (χ1v) is 17.3. The van der Waals surface area contributed by atoms with Crippen molar-refractivity contribution < 1.29 is 0 Å². The van der Waals surface area contributed by atoms with Gasteiger partial charge in [-0.3, -0.25) is 0 Å². The second kappa shape index (κ2) is 10.8. The highest BCUT2D eigenvalue weighted by Crippen LogP contribution is 2.64. The van der Waals surface area contributed by atoms with Crippen LogP contribution in [-0.4, -0.2) is 0 Å². The number of hydrogen-bond donors (Lipinski definition) is 0. The SMILES string of the molecule is Cc1ccc(-c2ccc(N(c3ccccc3)c3cccc4c3C3=C(CCC=C3)C43c4ccccc4C(C)(C)c4ccccc43)cc2)cc1. The number of anilines is 3. The molecule has 3 aliphatic carbocycles. The van der Waals surface area contributed by atoms with E-state index in [0.717, 1.165) is 24.2 Å². The predicted octanol–water partition coefficient (Wildman–Crippen LogP) is 12.2. The molecule has 1 nitrogen and oxygen atoms in total. The fourth-order valence-electron chi connectivity index (χ4n) is 8.94. The first kappa shape index (κ1) is 28.8. The van der Waals surface area contributed by atoms with E-state index < -0.39 is 0 Å². The van der Waals surface area contributed by atoms with Crippen molar-refractivity contribution in [3.63, 3.8) is 0 Å². The maximum atomic E-state index is 2.47. The van der Waals surface area contributed by atoms with Crippen LogP contribution in [-0.2, 0) is 10.8 Å². The molecule has 1 heteroatoms. The van der Waals surface area contributed by atoms with Crippen LogP contribution in [0.1, 0.15) is 65.6 Å². The number of hydrogen-bond acceptors (Lipinski definition) is 1. The number of aryl methyl sites for hydroxylation is 1. The third kappa shape index (κ3) is 4.04. The molecule has 0 saturated carbocycles. The second-order valence-corrected chi connectivity index (χ2v) is 14.1. The minimum Gasteiger partial charge on any atom is -0.310 e. The van der Waals surface area contributed by atoms with Crippen LogP contribution < -0.4 is 4.90 Å². The largest absolute Gasteiger partial charge is 0.310 e. The molecule has 0 atom stereocenters. The molecule has 1 spiro atoms. The van der Waals surface area contributed by atoms with Crippen molar-refractivity contribution in [1.29, 1.82) is 0 Å². The Morgan fingerprint density at radius 2 is 1.06 bits per heavy atom. The van der Waals surface area contributed by atoms with Gasteiger partial charge in [-0.1, -0.05) is 147 Å². The Morgan fingerprint density at radius 3 is 1.71 bits per heavy atom. The summed E-state index contributed by atoms with van der Waals surface area (Å²) in [6, 6.07) is 54.3. The summed E-state index contributed by atoms with van der Waals surface area (Å²) >= 11 is 0. The van der Waals surface area contributed by atoms with Crippen molar-refractivity contribution in [2.45, 2.75) is 44.4 Å². The molecule has 0 bridgehead atoms. The summed E-state index contributed by atoms with van der Waals surface area (Å²) in [5, 5.41) is 0. The first-order chi connectivity index (χ1) is 23.5. The third-order valence-electron chi connectivity index (χ3n) is 11.1. The van der Waals surface area contributed by atoms with Crippen LogP contribution in [0.3, 0.4) is 0 Å². The zero-order chi connectivity index (χ0) is 32.5. The van der Waals surface area contributed by atoms with Crippen LogP contribution in [0, 0.1) is 6.92 Å². The molecule has 0 saturated heterocycles. The van der Waals surface area contributed by atoms with E-state index in [9.17, 15) is 0 Å². The Labute approximate surface area is 284 Å². The van der Waals surface area contributed by atoms with Crippen LogP contribution in [0.25, 0.3) is 16.7 Å². The van der Waals surface area contributed by atoms with E-state index in [0.29, 0.717) is 0 Å². The van der Waals surface area contributed by atoms with E-state index in [2.05, 4.69) is 183 Å². The minimum atomic E-state index is -0.341. The van der Waals surface area contributed by atoms with Crippen molar-refractivity contribution >= 4 is 22.6 Å². The van der Waals surface area contributed by atoms with Gasteiger partial charge in [-0.25, -0.2) is 0 Å². The van der Waals surface area contributed by atoms with Crippen molar-refractivity contribution in [3.05, 3.63) is 202 Å².